The Kier molecular flexibility index (Phi) is 4.34. The van der Waals surface area contributed by atoms with Gasteiger partial charge in [-0.3, -0.25) is 9.59 Å². The second kappa shape index (κ2) is 6.22. The third kappa shape index (κ3) is 3.15. The molecule has 1 unspecified atom stereocenters. The molecule has 21 heavy (non-hydrogen) atoms. The van der Waals surface area contributed by atoms with Crippen LogP contribution in [0.15, 0.2) is 18.2 Å². The molecule has 1 aliphatic carbocycles. The van der Waals surface area contributed by atoms with E-state index in [2.05, 4.69) is 6.07 Å². The molecule has 4 heteroatoms. The minimum absolute atomic E-state index is 0.0800. The fraction of sp³-hybridized carbons (Fsp3) is 0.529. The van der Waals surface area contributed by atoms with Gasteiger partial charge >= 0.3 is 5.97 Å². The van der Waals surface area contributed by atoms with Crippen LogP contribution in [0.4, 0.5) is 0 Å². The number of aliphatic carboxylic acids is 1. The number of carboxylic acid groups (broad SMARTS) is 1. The minimum atomic E-state index is -0.822. The standard InChI is InChI=1S/C17H20O3S/c18-15-10-21-16(17(19)20)9-13-7-6-12(8-14(13)15)11-4-2-1-3-5-11/h6-8,11,16H,1-5,9-10H2,(H,19,20). The second-order valence-electron chi connectivity index (χ2n) is 6.02. The molecule has 0 saturated heterocycles. The van der Waals surface area contributed by atoms with Crippen molar-refractivity contribution < 1.29 is 14.7 Å². The lowest BCUT2D eigenvalue weighted by Gasteiger charge is -2.23. The van der Waals surface area contributed by atoms with Gasteiger partial charge in [0.05, 0.1) is 5.75 Å². The average molecular weight is 304 g/mol. The number of carbonyl (C=O) groups is 2. The van der Waals surface area contributed by atoms with E-state index in [4.69, 9.17) is 0 Å². The van der Waals surface area contributed by atoms with Crippen molar-refractivity contribution in [2.75, 3.05) is 5.75 Å². The van der Waals surface area contributed by atoms with Crippen LogP contribution in [0.5, 0.6) is 0 Å². The first-order chi connectivity index (χ1) is 10.1. The number of fused-ring (bicyclic) bond motifs is 1. The maximum atomic E-state index is 12.3. The molecule has 0 aromatic heterocycles. The van der Waals surface area contributed by atoms with E-state index >= 15 is 0 Å². The highest BCUT2D eigenvalue weighted by Gasteiger charge is 2.27. The van der Waals surface area contributed by atoms with Gasteiger partial charge in [0.1, 0.15) is 5.25 Å². The number of hydrogen-bond donors (Lipinski definition) is 1. The van der Waals surface area contributed by atoms with E-state index in [9.17, 15) is 14.7 Å². The fourth-order valence-electron chi connectivity index (χ4n) is 3.39. The van der Waals surface area contributed by atoms with Crippen molar-refractivity contribution in [3.63, 3.8) is 0 Å². The molecule has 1 aromatic carbocycles. The summed E-state index contributed by atoms with van der Waals surface area (Å²) in [4.78, 5) is 23.5. The van der Waals surface area contributed by atoms with Crippen molar-refractivity contribution in [1.29, 1.82) is 0 Å². The molecule has 112 valence electrons. The quantitative estimate of drug-likeness (QED) is 0.906. The number of rotatable bonds is 2. The highest BCUT2D eigenvalue weighted by atomic mass is 32.2. The molecule has 1 heterocycles. The molecule has 1 aliphatic heterocycles. The molecular weight excluding hydrogens is 284 g/mol. The maximum absolute atomic E-state index is 12.3. The Bertz CT molecular complexity index is 561. The van der Waals surface area contributed by atoms with E-state index < -0.39 is 11.2 Å². The Morgan fingerprint density at radius 3 is 2.67 bits per heavy atom. The van der Waals surface area contributed by atoms with Crippen LogP contribution < -0.4 is 0 Å². The molecule has 1 fully saturated rings. The summed E-state index contributed by atoms with van der Waals surface area (Å²) in [5.74, 6) is 0.106. The summed E-state index contributed by atoms with van der Waals surface area (Å²) in [5.41, 5.74) is 2.92. The number of thioether (sulfide) groups is 1. The molecule has 1 atom stereocenters. The summed E-state index contributed by atoms with van der Waals surface area (Å²) >= 11 is 1.25. The molecule has 0 spiro atoms. The zero-order valence-electron chi connectivity index (χ0n) is 12.0. The molecule has 1 N–H and O–H groups in total. The van der Waals surface area contributed by atoms with Crippen LogP contribution in [-0.4, -0.2) is 27.9 Å². The number of carboxylic acids is 1. The Balaban J connectivity index is 1.90. The monoisotopic (exact) mass is 304 g/mol. The van der Waals surface area contributed by atoms with E-state index in [0.717, 1.165) is 11.1 Å². The normalized spacial score (nSPS) is 23.4. The van der Waals surface area contributed by atoms with Gasteiger partial charge in [-0.05, 0) is 42.4 Å². The molecule has 0 radical (unpaired) electrons. The fourth-order valence-corrected chi connectivity index (χ4v) is 4.34. The lowest BCUT2D eigenvalue weighted by Crippen LogP contribution is -2.18. The Labute approximate surface area is 129 Å². The van der Waals surface area contributed by atoms with Gasteiger partial charge in [0.2, 0.25) is 0 Å². The molecular formula is C17H20O3S. The van der Waals surface area contributed by atoms with Crippen molar-refractivity contribution in [3.8, 4) is 0 Å². The van der Waals surface area contributed by atoms with Gasteiger partial charge in [-0.2, -0.15) is 0 Å². The van der Waals surface area contributed by atoms with Crippen LogP contribution in [0.3, 0.4) is 0 Å². The van der Waals surface area contributed by atoms with Gasteiger partial charge < -0.3 is 5.11 Å². The average Bonchev–Trinajstić information content (AvgIpc) is 2.67. The van der Waals surface area contributed by atoms with Crippen molar-refractivity contribution in [2.45, 2.75) is 49.7 Å². The van der Waals surface area contributed by atoms with Crippen LogP contribution in [0, 0.1) is 0 Å². The van der Waals surface area contributed by atoms with E-state index in [1.54, 1.807) is 0 Å². The summed E-state index contributed by atoms with van der Waals surface area (Å²) in [7, 11) is 0. The van der Waals surface area contributed by atoms with Crippen LogP contribution >= 0.6 is 11.8 Å². The first kappa shape index (κ1) is 14.6. The third-order valence-corrected chi connectivity index (χ3v) is 5.81. The smallest absolute Gasteiger partial charge is 0.316 e. The Hall–Kier alpha value is -1.29. The van der Waals surface area contributed by atoms with E-state index in [0.29, 0.717) is 12.3 Å². The number of carbonyl (C=O) groups excluding carboxylic acids is 1. The van der Waals surface area contributed by atoms with Crippen LogP contribution in [0.2, 0.25) is 0 Å². The van der Waals surface area contributed by atoms with Gasteiger partial charge in [-0.25, -0.2) is 0 Å². The minimum Gasteiger partial charge on any atom is -0.480 e. The SMILES string of the molecule is O=C1CSC(C(=O)O)Cc2ccc(C3CCCCC3)cc21. The summed E-state index contributed by atoms with van der Waals surface area (Å²) in [6.07, 6.45) is 6.72. The number of Topliss-reactive ketones (excluding diaryl/α,β-unsaturated/α-hetero) is 1. The molecule has 1 aromatic rings. The Morgan fingerprint density at radius 1 is 1.19 bits per heavy atom. The highest BCUT2D eigenvalue weighted by Crippen LogP contribution is 2.35. The first-order valence-electron chi connectivity index (χ1n) is 7.65. The van der Waals surface area contributed by atoms with Gasteiger partial charge in [0.15, 0.2) is 5.78 Å². The number of ketones is 1. The lowest BCUT2D eigenvalue weighted by atomic mass is 9.82. The summed E-state index contributed by atoms with van der Waals surface area (Å²) in [6, 6.07) is 6.13. The predicted octanol–water partition coefficient (Wildman–Crippen LogP) is 3.66. The summed E-state index contributed by atoms with van der Waals surface area (Å²) in [5, 5.41) is 8.70. The van der Waals surface area contributed by atoms with Crippen molar-refractivity contribution in [2.24, 2.45) is 0 Å². The maximum Gasteiger partial charge on any atom is 0.316 e. The predicted molar refractivity (Wildman–Crippen MR) is 84.2 cm³/mol. The largest absolute Gasteiger partial charge is 0.480 e. The number of hydrogen-bond acceptors (Lipinski definition) is 3. The molecule has 2 aliphatic rings. The van der Waals surface area contributed by atoms with Gasteiger partial charge in [0, 0.05) is 5.56 Å². The van der Waals surface area contributed by atoms with Crippen molar-refractivity contribution in [1.82, 2.24) is 0 Å². The van der Waals surface area contributed by atoms with Gasteiger partial charge in [-0.1, -0.05) is 31.4 Å². The van der Waals surface area contributed by atoms with E-state index in [1.807, 2.05) is 12.1 Å². The summed E-state index contributed by atoms with van der Waals surface area (Å²) in [6.45, 7) is 0. The Morgan fingerprint density at radius 2 is 1.95 bits per heavy atom. The van der Waals surface area contributed by atoms with Crippen LogP contribution in [-0.2, 0) is 11.2 Å². The van der Waals surface area contributed by atoms with Crippen molar-refractivity contribution >= 4 is 23.5 Å². The van der Waals surface area contributed by atoms with E-state index in [1.165, 1.54) is 49.4 Å². The van der Waals surface area contributed by atoms with Gasteiger partial charge in [-0.15, -0.1) is 11.8 Å². The zero-order chi connectivity index (χ0) is 14.8. The molecule has 3 nitrogen and oxygen atoms in total. The molecule has 0 amide bonds. The molecule has 3 rings (SSSR count). The van der Waals surface area contributed by atoms with Crippen molar-refractivity contribution in [3.05, 3.63) is 34.9 Å². The van der Waals surface area contributed by atoms with Crippen LogP contribution in [0.25, 0.3) is 0 Å². The third-order valence-electron chi connectivity index (χ3n) is 4.61. The van der Waals surface area contributed by atoms with Crippen LogP contribution in [0.1, 0.15) is 59.5 Å². The lowest BCUT2D eigenvalue weighted by molar-refractivity contribution is -0.136. The molecule has 0 bridgehead atoms. The zero-order valence-corrected chi connectivity index (χ0v) is 12.8. The first-order valence-corrected chi connectivity index (χ1v) is 8.70. The topological polar surface area (TPSA) is 54.4 Å². The molecule has 1 saturated carbocycles. The highest BCUT2D eigenvalue weighted by molar-refractivity contribution is 8.01. The second-order valence-corrected chi connectivity index (χ2v) is 7.21. The van der Waals surface area contributed by atoms with E-state index in [-0.39, 0.29) is 11.5 Å². The number of benzene rings is 1. The summed E-state index contributed by atoms with van der Waals surface area (Å²) < 4.78 is 0. The van der Waals surface area contributed by atoms with Gasteiger partial charge in [0.25, 0.3) is 0 Å².